The van der Waals surface area contributed by atoms with Gasteiger partial charge in [-0.15, -0.1) is 12.4 Å². The minimum atomic E-state index is -0.677. The van der Waals surface area contributed by atoms with Crippen LogP contribution in [0.3, 0.4) is 0 Å². The van der Waals surface area contributed by atoms with E-state index in [1.807, 2.05) is 59.5 Å². The first-order valence-corrected chi connectivity index (χ1v) is 9.29. The highest BCUT2D eigenvalue weighted by molar-refractivity contribution is 5.97. The molecule has 28 heavy (non-hydrogen) atoms. The first-order valence-electron chi connectivity index (χ1n) is 9.29. The SMILES string of the molecule is Cc1ccc(N(CCc2ccccc2)C(=O)C(N)c2ccccc2)cc1C.Cl. The van der Waals surface area contributed by atoms with Crippen LogP contribution in [0.15, 0.2) is 78.9 Å². The summed E-state index contributed by atoms with van der Waals surface area (Å²) in [7, 11) is 0. The van der Waals surface area contributed by atoms with Crippen LogP contribution in [0.2, 0.25) is 0 Å². The molecular weight excluding hydrogens is 368 g/mol. The molecule has 0 bridgehead atoms. The van der Waals surface area contributed by atoms with Crippen LogP contribution >= 0.6 is 12.4 Å². The lowest BCUT2D eigenvalue weighted by Crippen LogP contribution is -2.40. The molecule has 0 spiro atoms. The highest BCUT2D eigenvalue weighted by atomic mass is 35.5. The summed E-state index contributed by atoms with van der Waals surface area (Å²) < 4.78 is 0. The van der Waals surface area contributed by atoms with Gasteiger partial charge in [0, 0.05) is 12.2 Å². The lowest BCUT2D eigenvalue weighted by atomic mass is 10.0. The lowest BCUT2D eigenvalue weighted by Gasteiger charge is -2.27. The zero-order valence-corrected chi connectivity index (χ0v) is 17.2. The predicted octanol–water partition coefficient (Wildman–Crippen LogP) is 5.00. The Morgan fingerprint density at radius 2 is 1.50 bits per heavy atom. The maximum absolute atomic E-state index is 13.3. The minimum absolute atomic E-state index is 0. The van der Waals surface area contributed by atoms with Gasteiger partial charge in [0.1, 0.15) is 6.04 Å². The smallest absolute Gasteiger partial charge is 0.248 e. The summed E-state index contributed by atoms with van der Waals surface area (Å²) >= 11 is 0. The molecule has 3 rings (SSSR count). The van der Waals surface area contributed by atoms with Crippen molar-refractivity contribution in [3.05, 3.63) is 101 Å². The van der Waals surface area contributed by atoms with Gasteiger partial charge in [-0.05, 0) is 54.7 Å². The van der Waals surface area contributed by atoms with E-state index < -0.39 is 6.04 Å². The Balaban J connectivity index is 0.00000280. The van der Waals surface area contributed by atoms with Crippen LogP contribution in [0.25, 0.3) is 0 Å². The number of anilines is 1. The van der Waals surface area contributed by atoms with Gasteiger partial charge in [0.05, 0.1) is 0 Å². The summed E-state index contributed by atoms with van der Waals surface area (Å²) in [5.74, 6) is -0.0830. The average molecular weight is 395 g/mol. The number of nitrogens with zero attached hydrogens (tertiary/aromatic N) is 1. The summed E-state index contributed by atoms with van der Waals surface area (Å²) in [6.45, 7) is 4.73. The number of nitrogens with two attached hydrogens (primary N) is 1. The number of hydrogen-bond donors (Lipinski definition) is 1. The van der Waals surface area contributed by atoms with Crippen molar-refractivity contribution in [2.24, 2.45) is 5.73 Å². The van der Waals surface area contributed by atoms with Crippen LogP contribution in [0.1, 0.15) is 28.3 Å². The number of halogens is 1. The van der Waals surface area contributed by atoms with Crippen molar-refractivity contribution in [3.8, 4) is 0 Å². The number of carbonyl (C=O) groups is 1. The molecule has 146 valence electrons. The number of amides is 1. The van der Waals surface area contributed by atoms with E-state index in [4.69, 9.17) is 5.73 Å². The van der Waals surface area contributed by atoms with Gasteiger partial charge >= 0.3 is 0 Å². The molecule has 0 aliphatic carbocycles. The topological polar surface area (TPSA) is 46.3 Å². The third-order valence-corrected chi connectivity index (χ3v) is 4.96. The molecule has 1 atom stereocenters. The summed E-state index contributed by atoms with van der Waals surface area (Å²) in [5.41, 5.74) is 11.6. The van der Waals surface area contributed by atoms with Crippen LogP contribution in [-0.4, -0.2) is 12.5 Å². The number of hydrogen-bond acceptors (Lipinski definition) is 2. The third-order valence-electron chi connectivity index (χ3n) is 4.96. The molecule has 4 heteroatoms. The number of benzene rings is 3. The number of carbonyl (C=O) groups excluding carboxylic acids is 1. The zero-order valence-electron chi connectivity index (χ0n) is 16.3. The van der Waals surface area contributed by atoms with Crippen molar-refractivity contribution in [2.45, 2.75) is 26.3 Å². The second-order valence-corrected chi connectivity index (χ2v) is 6.88. The third kappa shape index (κ3) is 5.22. The molecule has 0 radical (unpaired) electrons. The zero-order chi connectivity index (χ0) is 19.2. The van der Waals surface area contributed by atoms with Gasteiger partial charge in [-0.25, -0.2) is 0 Å². The molecule has 3 aromatic carbocycles. The van der Waals surface area contributed by atoms with Crippen molar-refractivity contribution in [1.82, 2.24) is 0 Å². The molecular formula is C24H27ClN2O. The molecule has 1 unspecified atom stereocenters. The van der Waals surface area contributed by atoms with E-state index in [1.165, 1.54) is 16.7 Å². The fourth-order valence-electron chi connectivity index (χ4n) is 3.12. The Kier molecular flexibility index (Phi) is 7.80. The van der Waals surface area contributed by atoms with Gasteiger partial charge < -0.3 is 10.6 Å². The molecule has 0 aliphatic heterocycles. The number of rotatable bonds is 6. The van der Waals surface area contributed by atoms with Gasteiger partial charge in [-0.3, -0.25) is 4.79 Å². The molecule has 0 heterocycles. The normalized spacial score (nSPS) is 11.4. The summed E-state index contributed by atoms with van der Waals surface area (Å²) in [6.07, 6.45) is 0.779. The van der Waals surface area contributed by atoms with Crippen molar-refractivity contribution in [3.63, 3.8) is 0 Å². The van der Waals surface area contributed by atoms with Gasteiger partial charge in [0.15, 0.2) is 0 Å². The maximum atomic E-state index is 13.3. The van der Waals surface area contributed by atoms with E-state index in [-0.39, 0.29) is 18.3 Å². The van der Waals surface area contributed by atoms with Crippen LogP contribution in [0.4, 0.5) is 5.69 Å². The molecule has 1 amide bonds. The second-order valence-electron chi connectivity index (χ2n) is 6.88. The van der Waals surface area contributed by atoms with Crippen LogP contribution in [0, 0.1) is 13.8 Å². The minimum Gasteiger partial charge on any atom is -0.316 e. The largest absolute Gasteiger partial charge is 0.316 e. The van der Waals surface area contributed by atoms with Crippen LogP contribution in [0.5, 0.6) is 0 Å². The second kappa shape index (κ2) is 10.1. The average Bonchev–Trinajstić information content (AvgIpc) is 2.71. The molecule has 0 saturated heterocycles. The fraction of sp³-hybridized carbons (Fsp3) is 0.208. The van der Waals surface area contributed by atoms with Gasteiger partial charge in [-0.1, -0.05) is 66.7 Å². The van der Waals surface area contributed by atoms with E-state index in [1.54, 1.807) is 0 Å². The monoisotopic (exact) mass is 394 g/mol. The first-order chi connectivity index (χ1) is 13.1. The molecule has 2 N–H and O–H groups in total. The summed E-state index contributed by atoms with van der Waals surface area (Å²) in [5, 5.41) is 0. The molecule has 3 aromatic rings. The Labute approximate surface area is 173 Å². The quantitative estimate of drug-likeness (QED) is 0.639. The van der Waals surface area contributed by atoms with E-state index in [2.05, 4.69) is 38.1 Å². The predicted molar refractivity (Wildman–Crippen MR) is 119 cm³/mol. The first kappa shape index (κ1) is 21.7. The molecule has 0 aliphatic rings. The summed E-state index contributed by atoms with van der Waals surface area (Å²) in [6, 6.07) is 25.2. The highest BCUT2D eigenvalue weighted by Gasteiger charge is 2.24. The van der Waals surface area contributed by atoms with E-state index >= 15 is 0 Å². The standard InChI is InChI=1S/C24H26N2O.ClH/c1-18-13-14-22(17-19(18)2)26(16-15-20-9-5-3-6-10-20)24(27)23(25)21-11-7-4-8-12-21;/h3-14,17,23H,15-16,25H2,1-2H3;1H. The Morgan fingerprint density at radius 3 is 2.11 bits per heavy atom. The van der Waals surface area contributed by atoms with Crippen LogP contribution < -0.4 is 10.6 Å². The summed E-state index contributed by atoms with van der Waals surface area (Å²) in [4.78, 5) is 15.1. The molecule has 0 saturated carbocycles. The Morgan fingerprint density at radius 1 is 0.893 bits per heavy atom. The van der Waals surface area contributed by atoms with Crippen molar-refractivity contribution in [2.75, 3.05) is 11.4 Å². The van der Waals surface area contributed by atoms with Gasteiger partial charge in [0.25, 0.3) is 0 Å². The van der Waals surface area contributed by atoms with Gasteiger partial charge in [-0.2, -0.15) is 0 Å². The van der Waals surface area contributed by atoms with E-state index in [9.17, 15) is 4.79 Å². The Bertz CT molecular complexity index is 897. The maximum Gasteiger partial charge on any atom is 0.248 e. The highest BCUT2D eigenvalue weighted by Crippen LogP contribution is 2.23. The van der Waals surface area contributed by atoms with E-state index in [0.717, 1.165) is 17.7 Å². The fourth-order valence-corrected chi connectivity index (χ4v) is 3.12. The molecule has 0 aromatic heterocycles. The number of aryl methyl sites for hydroxylation is 2. The van der Waals surface area contributed by atoms with Gasteiger partial charge in [0.2, 0.25) is 5.91 Å². The van der Waals surface area contributed by atoms with Crippen molar-refractivity contribution < 1.29 is 4.79 Å². The van der Waals surface area contributed by atoms with Crippen molar-refractivity contribution in [1.29, 1.82) is 0 Å². The van der Waals surface area contributed by atoms with E-state index in [0.29, 0.717) is 6.54 Å². The Hall–Kier alpha value is -2.62. The van der Waals surface area contributed by atoms with Crippen LogP contribution in [-0.2, 0) is 11.2 Å². The molecule has 0 fully saturated rings. The lowest BCUT2D eigenvalue weighted by molar-refractivity contribution is -0.120. The van der Waals surface area contributed by atoms with Crippen molar-refractivity contribution >= 4 is 24.0 Å². The molecule has 3 nitrogen and oxygen atoms in total.